The lowest BCUT2D eigenvalue weighted by Gasteiger charge is -2.39. The normalized spacial score (nSPS) is 17.0. The zero-order chi connectivity index (χ0) is 23.9. The van der Waals surface area contributed by atoms with Crippen LogP contribution in [-0.4, -0.2) is 57.1 Å². The number of carboxylic acids is 1. The minimum Gasteiger partial charge on any atom is -0.481 e. The number of nitrogens with zero attached hydrogens (tertiary/aromatic N) is 4. The molecule has 0 amide bonds. The van der Waals surface area contributed by atoms with E-state index >= 15 is 0 Å². The Morgan fingerprint density at radius 3 is 2.47 bits per heavy atom. The van der Waals surface area contributed by atoms with Crippen molar-refractivity contribution >= 4 is 34.4 Å². The number of H-pyrrole nitrogens is 1. The van der Waals surface area contributed by atoms with Crippen molar-refractivity contribution in [1.29, 1.82) is 0 Å². The van der Waals surface area contributed by atoms with Crippen LogP contribution in [0.4, 0.5) is 5.82 Å². The second-order valence-corrected chi connectivity index (χ2v) is 9.84. The first-order chi connectivity index (χ1) is 16.3. The molecular weight excluding hydrogens is 450 g/mol. The predicted octanol–water partition coefficient (Wildman–Crippen LogP) is 5.12. The molecule has 5 rings (SSSR count). The molecular formula is C26H28ClN5O2. The number of carbonyl (C=O) groups is 1. The van der Waals surface area contributed by atoms with Crippen molar-refractivity contribution in [2.75, 3.05) is 31.1 Å². The Balaban J connectivity index is 1.22. The summed E-state index contributed by atoms with van der Waals surface area (Å²) in [6.45, 7) is 7.19. The van der Waals surface area contributed by atoms with Crippen molar-refractivity contribution in [2.24, 2.45) is 5.41 Å². The molecule has 0 spiro atoms. The van der Waals surface area contributed by atoms with E-state index in [9.17, 15) is 9.90 Å². The Hall–Kier alpha value is -3.32. The first-order valence-electron chi connectivity index (χ1n) is 11.6. The summed E-state index contributed by atoms with van der Waals surface area (Å²) in [5, 5.41) is 10.1. The zero-order valence-corrected chi connectivity index (χ0v) is 20.1. The number of pyridine rings is 1. The molecule has 2 N–H and O–H groups in total. The van der Waals surface area contributed by atoms with E-state index in [2.05, 4.69) is 25.8 Å². The molecule has 3 heterocycles. The molecule has 1 aliphatic heterocycles. The highest BCUT2D eigenvalue weighted by molar-refractivity contribution is 6.31. The second kappa shape index (κ2) is 8.80. The fourth-order valence-corrected chi connectivity index (χ4v) is 4.77. The van der Waals surface area contributed by atoms with Gasteiger partial charge in [0.15, 0.2) is 0 Å². The Bertz CT molecular complexity index is 1280. The molecule has 0 unspecified atom stereocenters. The largest absolute Gasteiger partial charge is 0.481 e. The highest BCUT2D eigenvalue weighted by Gasteiger charge is 2.33. The van der Waals surface area contributed by atoms with Crippen LogP contribution >= 0.6 is 11.6 Å². The van der Waals surface area contributed by atoms with Crippen LogP contribution in [-0.2, 0) is 4.79 Å². The number of hydrogen-bond donors (Lipinski definition) is 2. The van der Waals surface area contributed by atoms with Crippen molar-refractivity contribution < 1.29 is 9.90 Å². The van der Waals surface area contributed by atoms with Gasteiger partial charge in [-0.25, -0.2) is 9.97 Å². The molecule has 0 saturated carbocycles. The van der Waals surface area contributed by atoms with E-state index in [4.69, 9.17) is 16.6 Å². The van der Waals surface area contributed by atoms with E-state index in [-0.39, 0.29) is 0 Å². The van der Waals surface area contributed by atoms with Crippen molar-refractivity contribution in [3.63, 3.8) is 0 Å². The summed E-state index contributed by atoms with van der Waals surface area (Å²) in [5.74, 6) is 0.974. The van der Waals surface area contributed by atoms with Gasteiger partial charge in [-0.3, -0.25) is 4.79 Å². The molecule has 1 aromatic carbocycles. The number of fused-ring (bicyclic) bond motifs is 1. The number of imidazole rings is 1. The van der Waals surface area contributed by atoms with E-state index in [0.717, 1.165) is 72.8 Å². The Kier molecular flexibility index (Phi) is 5.81. The number of aliphatic carboxylic acids is 1. The third kappa shape index (κ3) is 4.28. The molecule has 176 valence electrons. The summed E-state index contributed by atoms with van der Waals surface area (Å²) in [5.41, 5.74) is 4.19. The average molecular weight is 478 g/mol. The number of rotatable bonds is 5. The van der Waals surface area contributed by atoms with Crippen LogP contribution < -0.4 is 4.90 Å². The highest BCUT2D eigenvalue weighted by atomic mass is 35.5. The number of carboxylic acid groups (broad SMARTS) is 1. The van der Waals surface area contributed by atoms with Gasteiger partial charge >= 0.3 is 5.97 Å². The molecule has 1 saturated heterocycles. The summed E-state index contributed by atoms with van der Waals surface area (Å²) >= 11 is 6.07. The van der Waals surface area contributed by atoms with Crippen LogP contribution in [0, 0.1) is 5.41 Å². The summed E-state index contributed by atoms with van der Waals surface area (Å²) in [7, 11) is 0. The van der Waals surface area contributed by atoms with Crippen molar-refractivity contribution in [3.8, 4) is 11.4 Å². The third-order valence-electron chi connectivity index (χ3n) is 6.94. The standard InChI is InChI=1S/C26H28ClN5O2/c1-26(2,25(33)34)18-4-7-20(8-5-18)31-11-13-32(14-12-31)23-10-3-17(16-28-23)24-29-21-9-6-19(27)15-22(21)30-24/h3-4,6-7,9-10,15-16H,5,8,11-14H2,1-2H3,(H,29,30)(H,33,34). The molecule has 3 aromatic rings. The lowest BCUT2D eigenvalue weighted by molar-refractivity contribution is -0.144. The molecule has 1 aliphatic carbocycles. The molecule has 0 atom stereocenters. The van der Waals surface area contributed by atoms with Gasteiger partial charge < -0.3 is 19.9 Å². The van der Waals surface area contributed by atoms with Gasteiger partial charge in [-0.15, -0.1) is 0 Å². The SMILES string of the molecule is CC(C)(C(=O)O)C1=CC=C(N2CCN(c3ccc(-c4nc5cc(Cl)ccc5[nH]4)cn3)CC2)CC1. The molecule has 0 radical (unpaired) electrons. The maximum Gasteiger partial charge on any atom is 0.313 e. The summed E-state index contributed by atoms with van der Waals surface area (Å²) < 4.78 is 0. The number of halogens is 1. The lowest BCUT2D eigenvalue weighted by atomic mass is 9.79. The maximum atomic E-state index is 11.5. The van der Waals surface area contributed by atoms with Crippen molar-refractivity contribution in [2.45, 2.75) is 26.7 Å². The van der Waals surface area contributed by atoms with Gasteiger partial charge in [-0.2, -0.15) is 0 Å². The van der Waals surface area contributed by atoms with Gasteiger partial charge in [0.2, 0.25) is 0 Å². The topological polar surface area (TPSA) is 85.4 Å². The summed E-state index contributed by atoms with van der Waals surface area (Å²) in [6, 6.07) is 9.73. The van der Waals surface area contributed by atoms with Gasteiger partial charge in [0.25, 0.3) is 0 Å². The van der Waals surface area contributed by atoms with Gasteiger partial charge in [-0.1, -0.05) is 23.3 Å². The summed E-state index contributed by atoms with van der Waals surface area (Å²) in [6.07, 6.45) is 7.65. The second-order valence-electron chi connectivity index (χ2n) is 9.41. The third-order valence-corrected chi connectivity index (χ3v) is 7.18. The van der Waals surface area contributed by atoms with E-state index in [1.54, 1.807) is 13.8 Å². The Labute approximate surface area is 203 Å². The summed E-state index contributed by atoms with van der Waals surface area (Å²) in [4.78, 5) is 28.9. The van der Waals surface area contributed by atoms with Gasteiger partial charge in [0.1, 0.15) is 11.6 Å². The van der Waals surface area contributed by atoms with Crippen LogP contribution in [0.15, 0.2) is 60.0 Å². The smallest absolute Gasteiger partial charge is 0.313 e. The molecule has 7 nitrogen and oxygen atoms in total. The molecule has 34 heavy (non-hydrogen) atoms. The molecule has 2 aromatic heterocycles. The minimum atomic E-state index is -0.812. The van der Waals surface area contributed by atoms with Gasteiger partial charge in [0, 0.05) is 48.7 Å². The van der Waals surface area contributed by atoms with Crippen LogP contribution in [0.3, 0.4) is 0 Å². The lowest BCUT2D eigenvalue weighted by Crippen LogP contribution is -2.46. The van der Waals surface area contributed by atoms with E-state index in [1.165, 1.54) is 5.70 Å². The minimum absolute atomic E-state index is 0.669. The number of nitrogens with one attached hydrogen (secondary N) is 1. The van der Waals surface area contributed by atoms with Crippen molar-refractivity contribution in [3.05, 3.63) is 65.0 Å². The Morgan fingerprint density at radius 1 is 1.06 bits per heavy atom. The maximum absolute atomic E-state index is 11.5. The number of anilines is 1. The predicted molar refractivity (Wildman–Crippen MR) is 135 cm³/mol. The number of aromatic amines is 1. The number of aromatic nitrogens is 3. The molecule has 2 aliphatic rings. The average Bonchev–Trinajstić information content (AvgIpc) is 3.27. The van der Waals surface area contributed by atoms with E-state index in [1.807, 2.05) is 42.6 Å². The molecule has 0 bridgehead atoms. The number of benzene rings is 1. The van der Waals surface area contributed by atoms with Crippen molar-refractivity contribution in [1.82, 2.24) is 19.9 Å². The fraction of sp³-hybridized carbons (Fsp3) is 0.346. The Morgan fingerprint density at radius 2 is 1.82 bits per heavy atom. The number of hydrogen-bond acceptors (Lipinski definition) is 5. The quantitative estimate of drug-likeness (QED) is 0.530. The van der Waals surface area contributed by atoms with E-state index < -0.39 is 11.4 Å². The number of allylic oxidation sites excluding steroid dienone is 3. The van der Waals surface area contributed by atoms with E-state index in [0.29, 0.717) is 5.02 Å². The first-order valence-corrected chi connectivity index (χ1v) is 11.9. The van der Waals surface area contributed by atoms with Crippen LogP contribution in [0.5, 0.6) is 0 Å². The molecule has 8 heteroatoms. The number of piperazine rings is 1. The highest BCUT2D eigenvalue weighted by Crippen LogP contribution is 2.35. The van der Waals surface area contributed by atoms with Crippen LogP contribution in [0.2, 0.25) is 5.02 Å². The first kappa shape index (κ1) is 22.5. The molecule has 1 fully saturated rings. The van der Waals surface area contributed by atoms with Gasteiger partial charge in [-0.05, 0) is 63.1 Å². The fourth-order valence-electron chi connectivity index (χ4n) is 4.60. The monoisotopic (exact) mass is 477 g/mol. The zero-order valence-electron chi connectivity index (χ0n) is 19.4. The van der Waals surface area contributed by atoms with Crippen LogP contribution in [0.1, 0.15) is 26.7 Å². The van der Waals surface area contributed by atoms with Crippen LogP contribution in [0.25, 0.3) is 22.4 Å². The van der Waals surface area contributed by atoms with Gasteiger partial charge in [0.05, 0.1) is 16.4 Å².